The lowest BCUT2D eigenvalue weighted by atomic mass is 9.89. The van der Waals surface area contributed by atoms with E-state index in [0.29, 0.717) is 19.4 Å². The van der Waals surface area contributed by atoms with E-state index in [0.717, 1.165) is 34.1 Å². The van der Waals surface area contributed by atoms with Crippen LogP contribution in [0.25, 0.3) is 10.9 Å². The average Bonchev–Trinajstić information content (AvgIpc) is 3.52. The number of aromatic nitrogens is 1. The molecule has 5 rings (SSSR count). The van der Waals surface area contributed by atoms with Crippen molar-refractivity contribution in [2.45, 2.75) is 37.4 Å². The van der Waals surface area contributed by atoms with Gasteiger partial charge in [0.2, 0.25) is 11.7 Å². The van der Waals surface area contributed by atoms with Crippen LogP contribution >= 0.6 is 0 Å². The van der Waals surface area contributed by atoms with Crippen LogP contribution in [0.4, 0.5) is 0 Å². The van der Waals surface area contributed by atoms with Gasteiger partial charge in [-0.15, -0.1) is 0 Å². The fourth-order valence-electron chi connectivity index (χ4n) is 5.35. The second-order valence-corrected chi connectivity index (χ2v) is 8.91. The number of benzene rings is 2. The molecular formula is C26H29N3O6. The first-order valence-electron chi connectivity index (χ1n) is 11.7. The number of para-hydroxylation sites is 1. The molecule has 0 spiro atoms. The van der Waals surface area contributed by atoms with E-state index in [1.54, 1.807) is 17.0 Å². The number of rotatable bonds is 5. The number of phenolic OH excluding ortho intramolecular Hbond substituents is 1. The number of likely N-dealkylation sites (tertiary alicyclic amines) is 1. The van der Waals surface area contributed by atoms with Crippen LogP contribution < -0.4 is 14.8 Å². The Kier molecular flexibility index (Phi) is 6.02. The van der Waals surface area contributed by atoms with E-state index in [2.05, 4.69) is 10.3 Å². The Hall–Kier alpha value is -3.72. The SMILES string of the molecule is COC(=O)[C@@H]1CCCN1C(=O)[C@@H]1Cc2c([nH]c3ccccc23)[C@@H](c2cc(OC)c(O)c(OC)c2)N1. The van der Waals surface area contributed by atoms with Gasteiger partial charge in [-0.25, -0.2) is 4.79 Å². The number of carbonyl (C=O) groups excluding carboxylic acids is 2. The molecule has 3 N–H and O–H groups in total. The van der Waals surface area contributed by atoms with Gasteiger partial charge < -0.3 is 29.2 Å². The van der Waals surface area contributed by atoms with Crippen LogP contribution in [0, 0.1) is 0 Å². The zero-order chi connectivity index (χ0) is 24.7. The molecular weight excluding hydrogens is 450 g/mol. The fourth-order valence-corrected chi connectivity index (χ4v) is 5.35. The third kappa shape index (κ3) is 3.85. The quantitative estimate of drug-likeness (QED) is 0.482. The van der Waals surface area contributed by atoms with Crippen LogP contribution in [0.2, 0.25) is 0 Å². The number of nitrogens with one attached hydrogen (secondary N) is 2. The standard InChI is InChI=1S/C26H29N3O6/c1-33-20-11-14(12-21(34-2)24(20)30)22-23-16(15-7-4-5-8-17(15)27-23)13-18(28-22)25(31)29-10-6-9-19(29)26(32)35-3/h4-5,7-8,11-12,18-19,22,27-28,30H,6,9-10,13H2,1-3H3/t18-,19-,22+/m0/s1. The molecule has 0 unspecified atom stereocenters. The molecule has 3 heterocycles. The Morgan fingerprint density at radius 3 is 2.49 bits per heavy atom. The van der Waals surface area contributed by atoms with Gasteiger partial charge in [0.1, 0.15) is 6.04 Å². The van der Waals surface area contributed by atoms with Crippen molar-refractivity contribution in [1.82, 2.24) is 15.2 Å². The highest BCUT2D eigenvalue weighted by molar-refractivity contribution is 5.91. The number of amides is 1. The number of phenols is 1. The summed E-state index contributed by atoms with van der Waals surface area (Å²) in [6.45, 7) is 0.517. The minimum atomic E-state index is -0.564. The Morgan fingerprint density at radius 2 is 1.80 bits per heavy atom. The molecule has 9 heteroatoms. The normalized spacial score (nSPS) is 21.6. The zero-order valence-electron chi connectivity index (χ0n) is 20.0. The minimum absolute atomic E-state index is 0.0861. The van der Waals surface area contributed by atoms with E-state index in [9.17, 15) is 14.7 Å². The van der Waals surface area contributed by atoms with Crippen molar-refractivity contribution < 1.29 is 28.9 Å². The van der Waals surface area contributed by atoms with Crippen molar-refractivity contribution in [1.29, 1.82) is 0 Å². The molecule has 9 nitrogen and oxygen atoms in total. The number of aromatic amines is 1. The summed E-state index contributed by atoms with van der Waals surface area (Å²) in [6, 6.07) is 9.96. The van der Waals surface area contributed by atoms with Crippen LogP contribution in [-0.4, -0.2) is 66.8 Å². The molecule has 1 aromatic heterocycles. The summed E-state index contributed by atoms with van der Waals surface area (Å²) in [5.74, 6) is -0.0484. The molecule has 2 aliphatic rings. The van der Waals surface area contributed by atoms with Crippen LogP contribution in [0.5, 0.6) is 17.2 Å². The van der Waals surface area contributed by atoms with Gasteiger partial charge in [0.05, 0.1) is 33.4 Å². The summed E-state index contributed by atoms with van der Waals surface area (Å²) >= 11 is 0. The zero-order valence-corrected chi connectivity index (χ0v) is 20.0. The van der Waals surface area contributed by atoms with Gasteiger partial charge in [0.15, 0.2) is 11.5 Å². The molecule has 0 bridgehead atoms. The second kappa shape index (κ2) is 9.14. The maximum absolute atomic E-state index is 13.7. The van der Waals surface area contributed by atoms with Gasteiger partial charge in [0.25, 0.3) is 0 Å². The predicted molar refractivity (Wildman–Crippen MR) is 129 cm³/mol. The Labute approximate surface area is 203 Å². The van der Waals surface area contributed by atoms with Gasteiger partial charge in [-0.1, -0.05) is 18.2 Å². The fraction of sp³-hybridized carbons (Fsp3) is 0.385. The molecule has 3 atom stereocenters. The largest absolute Gasteiger partial charge is 0.502 e. The first kappa shape index (κ1) is 23.0. The molecule has 0 aliphatic carbocycles. The maximum atomic E-state index is 13.7. The van der Waals surface area contributed by atoms with Crippen molar-refractivity contribution in [3.63, 3.8) is 0 Å². The monoisotopic (exact) mass is 479 g/mol. The van der Waals surface area contributed by atoms with E-state index in [4.69, 9.17) is 14.2 Å². The number of aromatic hydroxyl groups is 1. The highest BCUT2D eigenvalue weighted by Gasteiger charge is 2.41. The maximum Gasteiger partial charge on any atom is 0.328 e. The molecule has 1 fully saturated rings. The molecule has 184 valence electrons. The number of carbonyl (C=O) groups is 2. The topological polar surface area (TPSA) is 113 Å². The van der Waals surface area contributed by atoms with Gasteiger partial charge in [-0.3, -0.25) is 10.1 Å². The van der Waals surface area contributed by atoms with E-state index in [1.165, 1.54) is 21.3 Å². The number of fused-ring (bicyclic) bond motifs is 3. The first-order valence-corrected chi connectivity index (χ1v) is 11.7. The summed E-state index contributed by atoms with van der Waals surface area (Å²) in [4.78, 5) is 31.2. The van der Waals surface area contributed by atoms with Crippen LogP contribution in [0.15, 0.2) is 36.4 Å². The molecule has 2 aromatic carbocycles. The molecule has 0 saturated carbocycles. The van der Waals surface area contributed by atoms with E-state index in [-0.39, 0.29) is 29.1 Å². The van der Waals surface area contributed by atoms with Crippen molar-refractivity contribution in [3.05, 3.63) is 53.2 Å². The van der Waals surface area contributed by atoms with Crippen LogP contribution in [0.3, 0.4) is 0 Å². The average molecular weight is 480 g/mol. The lowest BCUT2D eigenvalue weighted by molar-refractivity contribution is -0.151. The Morgan fingerprint density at radius 1 is 1.09 bits per heavy atom. The summed E-state index contributed by atoms with van der Waals surface area (Å²) < 4.78 is 15.7. The molecule has 35 heavy (non-hydrogen) atoms. The molecule has 3 aromatic rings. The summed E-state index contributed by atoms with van der Waals surface area (Å²) in [6.07, 6.45) is 1.83. The predicted octanol–water partition coefficient (Wildman–Crippen LogP) is 2.66. The summed E-state index contributed by atoms with van der Waals surface area (Å²) in [7, 11) is 4.31. The van der Waals surface area contributed by atoms with Gasteiger partial charge in [0, 0.05) is 23.1 Å². The van der Waals surface area contributed by atoms with E-state index in [1.807, 2.05) is 24.3 Å². The minimum Gasteiger partial charge on any atom is -0.502 e. The van der Waals surface area contributed by atoms with Crippen LogP contribution in [-0.2, 0) is 20.7 Å². The number of ether oxygens (including phenoxy) is 3. The molecule has 0 radical (unpaired) electrons. The smallest absolute Gasteiger partial charge is 0.328 e. The number of hydrogen-bond donors (Lipinski definition) is 3. The lowest BCUT2D eigenvalue weighted by Crippen LogP contribution is -2.53. The Bertz CT molecular complexity index is 1260. The van der Waals surface area contributed by atoms with Crippen molar-refractivity contribution in [2.75, 3.05) is 27.9 Å². The number of esters is 1. The van der Waals surface area contributed by atoms with Crippen molar-refractivity contribution in [2.24, 2.45) is 0 Å². The van der Waals surface area contributed by atoms with Crippen LogP contribution in [0.1, 0.15) is 35.7 Å². The van der Waals surface area contributed by atoms with Crippen molar-refractivity contribution >= 4 is 22.8 Å². The third-order valence-electron chi connectivity index (χ3n) is 7.05. The Balaban J connectivity index is 1.59. The first-order chi connectivity index (χ1) is 17.0. The summed E-state index contributed by atoms with van der Waals surface area (Å²) in [5.41, 5.74) is 3.73. The van der Waals surface area contributed by atoms with E-state index >= 15 is 0 Å². The second-order valence-electron chi connectivity index (χ2n) is 8.91. The highest BCUT2D eigenvalue weighted by atomic mass is 16.5. The number of hydrogen-bond acceptors (Lipinski definition) is 7. The highest BCUT2D eigenvalue weighted by Crippen LogP contribution is 2.42. The number of H-pyrrole nitrogens is 1. The molecule has 1 amide bonds. The summed E-state index contributed by atoms with van der Waals surface area (Å²) in [5, 5.41) is 15.0. The van der Waals surface area contributed by atoms with E-state index < -0.39 is 18.1 Å². The van der Waals surface area contributed by atoms with Gasteiger partial charge in [-0.05, 0) is 48.6 Å². The number of methoxy groups -OCH3 is 3. The third-order valence-corrected chi connectivity index (χ3v) is 7.05. The molecule has 1 saturated heterocycles. The van der Waals surface area contributed by atoms with Gasteiger partial charge in [-0.2, -0.15) is 0 Å². The van der Waals surface area contributed by atoms with Gasteiger partial charge >= 0.3 is 5.97 Å². The number of nitrogens with zero attached hydrogens (tertiary/aromatic N) is 1. The molecule has 2 aliphatic heterocycles. The van der Waals surface area contributed by atoms with Crippen molar-refractivity contribution in [3.8, 4) is 17.2 Å². The lowest BCUT2D eigenvalue weighted by Gasteiger charge is -2.34.